The van der Waals surface area contributed by atoms with Crippen molar-refractivity contribution in [2.45, 2.75) is 37.0 Å². The van der Waals surface area contributed by atoms with Gasteiger partial charge in [-0.1, -0.05) is 48.5 Å². The summed E-state index contributed by atoms with van der Waals surface area (Å²) in [5.41, 5.74) is 3.17. The summed E-state index contributed by atoms with van der Waals surface area (Å²) in [6.07, 6.45) is 2.48. The average molecular weight is 589 g/mol. The lowest BCUT2D eigenvalue weighted by Crippen LogP contribution is -2.18. The summed E-state index contributed by atoms with van der Waals surface area (Å²) in [7, 11) is 0. The molecule has 1 atom stereocenters. The van der Waals surface area contributed by atoms with Crippen molar-refractivity contribution in [3.63, 3.8) is 0 Å². The number of rotatable bonds is 9. The number of anilines is 2. The van der Waals surface area contributed by atoms with E-state index in [1.807, 2.05) is 24.3 Å². The minimum atomic E-state index is -0.597. The van der Waals surface area contributed by atoms with Crippen LogP contribution in [0.15, 0.2) is 83.8 Å². The van der Waals surface area contributed by atoms with Crippen LogP contribution >= 0.6 is 23.1 Å². The summed E-state index contributed by atoms with van der Waals surface area (Å²) >= 11 is 2.75. The highest BCUT2D eigenvalue weighted by molar-refractivity contribution is 8.00. The van der Waals surface area contributed by atoms with E-state index in [0.29, 0.717) is 22.2 Å². The molecule has 9 heteroatoms. The molecule has 2 amide bonds. The lowest BCUT2D eigenvalue weighted by molar-refractivity contribution is -0.113. The molecule has 2 N–H and O–H groups in total. The predicted octanol–water partition coefficient (Wildman–Crippen LogP) is 7.32. The molecule has 5 rings (SSSR count). The van der Waals surface area contributed by atoms with Crippen molar-refractivity contribution in [2.75, 3.05) is 23.0 Å². The summed E-state index contributed by atoms with van der Waals surface area (Å²) in [5, 5.41) is 6.18. The standard InChI is InChI=1S/C32H29FN2O4S2/c1-2-39-32(38)29-25-16-15-21(20-9-4-3-5-10-20)17-27(25)41-31(29)35-28(36)19-40-23-12-8-11-22(18-23)34-30(37)24-13-6-7-14-26(24)33/h3-14,18,21H,2,15-17,19H2,1H3,(H,34,37)(H,35,36). The van der Waals surface area contributed by atoms with E-state index < -0.39 is 17.7 Å². The van der Waals surface area contributed by atoms with Gasteiger partial charge >= 0.3 is 5.97 Å². The molecule has 4 aromatic rings. The minimum Gasteiger partial charge on any atom is -0.462 e. The molecule has 210 valence electrons. The molecule has 1 aliphatic rings. The fourth-order valence-corrected chi connectivity index (χ4v) is 7.01. The molecule has 6 nitrogen and oxygen atoms in total. The van der Waals surface area contributed by atoms with Crippen LogP contribution in [0.2, 0.25) is 0 Å². The maximum Gasteiger partial charge on any atom is 0.341 e. The fraction of sp³-hybridized carbons (Fsp3) is 0.219. The van der Waals surface area contributed by atoms with Crippen LogP contribution in [0.3, 0.4) is 0 Å². The Hall–Kier alpha value is -3.95. The summed E-state index contributed by atoms with van der Waals surface area (Å²) in [6.45, 7) is 2.02. The summed E-state index contributed by atoms with van der Waals surface area (Å²) in [6, 6.07) is 23.2. The third-order valence-electron chi connectivity index (χ3n) is 6.85. The van der Waals surface area contributed by atoms with Crippen molar-refractivity contribution < 1.29 is 23.5 Å². The zero-order valence-electron chi connectivity index (χ0n) is 22.4. The number of fused-ring (bicyclic) bond motifs is 1. The molecule has 1 heterocycles. The summed E-state index contributed by atoms with van der Waals surface area (Å²) in [4.78, 5) is 40.3. The first-order valence-electron chi connectivity index (χ1n) is 13.4. The van der Waals surface area contributed by atoms with E-state index in [1.165, 1.54) is 46.9 Å². The number of thioether (sulfide) groups is 1. The first-order valence-corrected chi connectivity index (χ1v) is 15.2. The minimum absolute atomic E-state index is 0.0453. The quantitative estimate of drug-likeness (QED) is 0.158. The Kier molecular flexibility index (Phi) is 9.16. The topological polar surface area (TPSA) is 84.5 Å². The molecule has 0 aliphatic heterocycles. The molecule has 1 aromatic heterocycles. The second kappa shape index (κ2) is 13.1. The van der Waals surface area contributed by atoms with E-state index in [2.05, 4.69) is 22.8 Å². The Balaban J connectivity index is 1.26. The number of benzene rings is 3. The Morgan fingerprint density at radius 2 is 1.78 bits per heavy atom. The van der Waals surface area contributed by atoms with Crippen molar-refractivity contribution >= 4 is 51.6 Å². The molecule has 0 saturated heterocycles. The largest absolute Gasteiger partial charge is 0.462 e. The SMILES string of the molecule is CCOC(=O)c1c(NC(=O)CSc2cccc(NC(=O)c3ccccc3F)c2)sc2c1CCC(c1ccccc1)C2. The summed E-state index contributed by atoms with van der Waals surface area (Å²) < 4.78 is 19.3. The Labute approximate surface area is 246 Å². The third-order valence-corrected chi connectivity index (χ3v) is 9.01. The zero-order valence-corrected chi connectivity index (χ0v) is 24.1. The molecule has 0 fully saturated rings. The highest BCUT2D eigenvalue weighted by Crippen LogP contribution is 2.43. The van der Waals surface area contributed by atoms with Gasteiger partial charge in [0.25, 0.3) is 5.91 Å². The number of nitrogens with one attached hydrogen (secondary N) is 2. The number of esters is 1. The molecule has 0 saturated carbocycles. The van der Waals surface area contributed by atoms with Crippen LogP contribution in [0.5, 0.6) is 0 Å². The first kappa shape index (κ1) is 28.6. The summed E-state index contributed by atoms with van der Waals surface area (Å²) in [5.74, 6) is -1.35. The number of hydrogen-bond acceptors (Lipinski definition) is 6. The van der Waals surface area contributed by atoms with Crippen molar-refractivity contribution in [1.82, 2.24) is 0 Å². The van der Waals surface area contributed by atoms with Crippen LogP contribution in [-0.4, -0.2) is 30.1 Å². The van der Waals surface area contributed by atoms with Gasteiger partial charge in [0, 0.05) is 15.5 Å². The lowest BCUT2D eigenvalue weighted by Gasteiger charge is -2.23. The van der Waals surface area contributed by atoms with E-state index in [0.717, 1.165) is 34.6 Å². The fourth-order valence-electron chi connectivity index (χ4n) is 4.92. The van der Waals surface area contributed by atoms with Crippen LogP contribution in [-0.2, 0) is 22.4 Å². The highest BCUT2D eigenvalue weighted by atomic mass is 32.2. The second-order valence-corrected chi connectivity index (χ2v) is 11.7. The maximum absolute atomic E-state index is 14.0. The predicted molar refractivity (Wildman–Crippen MR) is 162 cm³/mol. The van der Waals surface area contributed by atoms with Gasteiger partial charge in [0.15, 0.2) is 0 Å². The zero-order chi connectivity index (χ0) is 28.8. The normalized spacial score (nSPS) is 14.1. The highest BCUT2D eigenvalue weighted by Gasteiger charge is 2.31. The van der Waals surface area contributed by atoms with Crippen molar-refractivity contribution in [2.24, 2.45) is 0 Å². The van der Waals surface area contributed by atoms with Gasteiger partial charge in [-0.2, -0.15) is 0 Å². The van der Waals surface area contributed by atoms with Gasteiger partial charge in [-0.25, -0.2) is 9.18 Å². The Morgan fingerprint density at radius 3 is 2.56 bits per heavy atom. The van der Waals surface area contributed by atoms with Crippen LogP contribution < -0.4 is 10.6 Å². The smallest absolute Gasteiger partial charge is 0.341 e. The van der Waals surface area contributed by atoms with Crippen LogP contribution in [0, 0.1) is 5.82 Å². The van der Waals surface area contributed by atoms with Gasteiger partial charge in [-0.3, -0.25) is 9.59 Å². The average Bonchev–Trinajstić information content (AvgIpc) is 3.34. The van der Waals surface area contributed by atoms with Gasteiger partial charge in [-0.05, 0) is 73.6 Å². The van der Waals surface area contributed by atoms with E-state index in [1.54, 1.807) is 31.2 Å². The second-order valence-electron chi connectivity index (χ2n) is 9.58. The number of halogens is 1. The molecule has 0 radical (unpaired) electrons. The molecule has 1 aliphatic carbocycles. The lowest BCUT2D eigenvalue weighted by atomic mass is 9.83. The van der Waals surface area contributed by atoms with Gasteiger partial charge < -0.3 is 15.4 Å². The number of amides is 2. The number of hydrogen-bond donors (Lipinski definition) is 2. The van der Waals surface area contributed by atoms with E-state index in [-0.39, 0.29) is 23.8 Å². The van der Waals surface area contributed by atoms with Gasteiger partial charge in [0.1, 0.15) is 10.8 Å². The molecule has 1 unspecified atom stereocenters. The molecular weight excluding hydrogens is 559 g/mol. The number of thiophene rings is 1. The number of carbonyl (C=O) groups is 3. The maximum atomic E-state index is 14.0. The van der Waals surface area contributed by atoms with E-state index in [9.17, 15) is 18.8 Å². The van der Waals surface area contributed by atoms with Gasteiger partial charge in [0.2, 0.25) is 5.91 Å². The molecule has 0 bridgehead atoms. The van der Waals surface area contributed by atoms with Gasteiger partial charge in [0.05, 0.1) is 23.5 Å². The monoisotopic (exact) mass is 588 g/mol. The third kappa shape index (κ3) is 6.86. The van der Waals surface area contributed by atoms with Crippen molar-refractivity contribution in [3.8, 4) is 0 Å². The van der Waals surface area contributed by atoms with Gasteiger partial charge in [-0.15, -0.1) is 23.1 Å². The molecule has 0 spiro atoms. The van der Waals surface area contributed by atoms with E-state index in [4.69, 9.17) is 4.74 Å². The van der Waals surface area contributed by atoms with Crippen LogP contribution in [0.25, 0.3) is 0 Å². The molecular formula is C32H29FN2O4S2. The number of ether oxygens (including phenoxy) is 1. The van der Waals surface area contributed by atoms with Crippen molar-refractivity contribution in [1.29, 1.82) is 0 Å². The van der Waals surface area contributed by atoms with Crippen LogP contribution in [0.1, 0.15) is 56.0 Å². The Morgan fingerprint density at radius 1 is 1.00 bits per heavy atom. The van der Waals surface area contributed by atoms with Crippen LogP contribution in [0.4, 0.5) is 15.1 Å². The molecule has 41 heavy (non-hydrogen) atoms. The molecule has 3 aromatic carbocycles. The first-order chi connectivity index (χ1) is 19.9. The number of carbonyl (C=O) groups excluding carboxylic acids is 3. The Bertz CT molecular complexity index is 1570. The van der Waals surface area contributed by atoms with E-state index >= 15 is 0 Å². The van der Waals surface area contributed by atoms with Crippen molar-refractivity contribution in [3.05, 3.63) is 112 Å².